The number of hydrogen-bond acceptors (Lipinski definition) is 3. The summed E-state index contributed by atoms with van der Waals surface area (Å²) >= 11 is 0. The minimum Gasteiger partial charge on any atom is -0.299 e. The van der Waals surface area contributed by atoms with Gasteiger partial charge in [0.15, 0.2) is 0 Å². The molecule has 5 nitrogen and oxygen atoms in total. The lowest BCUT2D eigenvalue weighted by Crippen LogP contribution is -2.36. The third-order valence-corrected chi connectivity index (χ3v) is 4.52. The summed E-state index contributed by atoms with van der Waals surface area (Å²) in [5.74, 6) is 0.943. The van der Waals surface area contributed by atoms with Crippen LogP contribution in [0.2, 0.25) is 0 Å². The van der Waals surface area contributed by atoms with Crippen molar-refractivity contribution in [3.63, 3.8) is 0 Å². The Morgan fingerprint density at radius 1 is 1.38 bits per heavy atom. The van der Waals surface area contributed by atoms with Crippen LogP contribution in [0.1, 0.15) is 37.1 Å². The first-order chi connectivity index (χ1) is 11.7. The number of H-pyrrole nitrogens is 1. The van der Waals surface area contributed by atoms with Crippen molar-refractivity contribution in [2.45, 2.75) is 32.2 Å². The van der Waals surface area contributed by atoms with Gasteiger partial charge in [-0.1, -0.05) is 24.3 Å². The van der Waals surface area contributed by atoms with E-state index in [4.69, 9.17) is 0 Å². The van der Waals surface area contributed by atoms with Crippen LogP contribution in [0, 0.1) is 5.82 Å². The highest BCUT2D eigenvalue weighted by Crippen LogP contribution is 2.24. The predicted molar refractivity (Wildman–Crippen MR) is 92.4 cm³/mol. The molecule has 0 bridgehead atoms. The third kappa shape index (κ3) is 3.82. The molecule has 128 valence electrons. The van der Waals surface area contributed by atoms with Gasteiger partial charge in [0.1, 0.15) is 11.6 Å². The zero-order valence-corrected chi connectivity index (χ0v) is 13.9. The molecule has 0 amide bonds. The zero-order valence-electron chi connectivity index (χ0n) is 13.9. The van der Waals surface area contributed by atoms with E-state index in [0.717, 1.165) is 43.9 Å². The second-order valence-corrected chi connectivity index (χ2v) is 6.18. The van der Waals surface area contributed by atoms with Gasteiger partial charge in [0.25, 0.3) is 0 Å². The predicted octanol–water partition coefficient (Wildman–Crippen LogP) is 2.62. The standard InChI is InChI=1S/C18H23FN4O/c1-2-23-17(20-21-18(23)24)15-6-4-12-22(13-15)11-3-5-14-7-9-16(19)10-8-14/h3,5,7-10,15H,2,4,6,11-13H2,1H3,(H,21,24)/b5-3+/t15-/m1/s1. The molecular formula is C18H23FN4O. The van der Waals surface area contributed by atoms with Crippen molar-refractivity contribution in [3.05, 3.63) is 58.0 Å². The lowest BCUT2D eigenvalue weighted by atomic mass is 9.97. The fraction of sp³-hybridized carbons (Fsp3) is 0.444. The molecule has 1 N–H and O–H groups in total. The van der Waals surface area contributed by atoms with Gasteiger partial charge in [-0.3, -0.25) is 9.47 Å². The smallest absolute Gasteiger partial charge is 0.299 e. The Morgan fingerprint density at radius 2 is 2.17 bits per heavy atom. The first-order valence-electron chi connectivity index (χ1n) is 8.47. The summed E-state index contributed by atoms with van der Waals surface area (Å²) in [6.07, 6.45) is 6.27. The van der Waals surface area contributed by atoms with Crippen LogP contribution < -0.4 is 5.69 Å². The van der Waals surface area contributed by atoms with Crippen molar-refractivity contribution < 1.29 is 4.39 Å². The maximum absolute atomic E-state index is 12.9. The van der Waals surface area contributed by atoms with Gasteiger partial charge in [0.2, 0.25) is 0 Å². The number of hydrogen-bond donors (Lipinski definition) is 1. The number of nitrogens with one attached hydrogen (secondary N) is 1. The van der Waals surface area contributed by atoms with Crippen LogP contribution in [0.4, 0.5) is 4.39 Å². The fourth-order valence-corrected chi connectivity index (χ4v) is 3.29. The molecule has 1 atom stereocenters. The highest BCUT2D eigenvalue weighted by molar-refractivity contribution is 5.48. The summed E-state index contributed by atoms with van der Waals surface area (Å²) in [5, 5.41) is 6.79. The number of aromatic amines is 1. The average molecular weight is 330 g/mol. The van der Waals surface area contributed by atoms with E-state index in [0.29, 0.717) is 6.54 Å². The number of halogens is 1. The normalized spacial score (nSPS) is 19.2. The molecular weight excluding hydrogens is 307 g/mol. The van der Waals surface area contributed by atoms with Crippen LogP contribution in [0.5, 0.6) is 0 Å². The minimum atomic E-state index is -0.216. The summed E-state index contributed by atoms with van der Waals surface area (Å²) < 4.78 is 14.6. The SMILES string of the molecule is CCn1c([C@@H]2CCCN(C/C=C/c3ccc(F)cc3)C2)n[nH]c1=O. The molecule has 6 heteroatoms. The summed E-state index contributed by atoms with van der Waals surface area (Å²) in [4.78, 5) is 14.1. The molecule has 1 aliphatic heterocycles. The average Bonchev–Trinajstić information content (AvgIpc) is 2.98. The van der Waals surface area contributed by atoms with E-state index in [1.807, 2.05) is 13.0 Å². The van der Waals surface area contributed by atoms with Gasteiger partial charge in [-0.25, -0.2) is 14.3 Å². The van der Waals surface area contributed by atoms with Crippen molar-refractivity contribution in [3.8, 4) is 0 Å². The third-order valence-electron chi connectivity index (χ3n) is 4.52. The molecule has 1 aliphatic rings. The quantitative estimate of drug-likeness (QED) is 0.917. The molecule has 3 rings (SSSR count). The fourth-order valence-electron chi connectivity index (χ4n) is 3.29. The van der Waals surface area contributed by atoms with Crippen molar-refractivity contribution >= 4 is 6.08 Å². The van der Waals surface area contributed by atoms with Gasteiger partial charge < -0.3 is 0 Å². The Hall–Kier alpha value is -2.21. The Morgan fingerprint density at radius 3 is 2.92 bits per heavy atom. The maximum Gasteiger partial charge on any atom is 0.343 e. The van der Waals surface area contributed by atoms with E-state index in [1.54, 1.807) is 16.7 Å². The van der Waals surface area contributed by atoms with E-state index in [-0.39, 0.29) is 17.4 Å². The molecule has 0 spiro atoms. The molecule has 0 saturated carbocycles. The molecule has 0 aliphatic carbocycles. The van der Waals surface area contributed by atoms with Crippen molar-refractivity contribution in [1.82, 2.24) is 19.7 Å². The first kappa shape index (κ1) is 16.6. The van der Waals surface area contributed by atoms with Crippen molar-refractivity contribution in [2.24, 2.45) is 0 Å². The van der Waals surface area contributed by atoms with Crippen LogP contribution in [0.15, 0.2) is 35.1 Å². The Kier molecular flexibility index (Phi) is 5.25. The van der Waals surface area contributed by atoms with E-state index < -0.39 is 0 Å². The summed E-state index contributed by atoms with van der Waals surface area (Å²) in [5.41, 5.74) is 0.873. The zero-order chi connectivity index (χ0) is 16.9. The van der Waals surface area contributed by atoms with Crippen LogP contribution in [0.3, 0.4) is 0 Å². The summed E-state index contributed by atoms with van der Waals surface area (Å²) in [6.45, 7) is 5.40. The molecule has 24 heavy (non-hydrogen) atoms. The number of likely N-dealkylation sites (tertiary alicyclic amines) is 1. The Bertz CT molecular complexity index is 747. The Labute approximate surface area is 140 Å². The number of aromatic nitrogens is 3. The van der Waals surface area contributed by atoms with Gasteiger partial charge in [-0.05, 0) is 44.0 Å². The largest absolute Gasteiger partial charge is 0.343 e. The second-order valence-electron chi connectivity index (χ2n) is 6.18. The van der Waals surface area contributed by atoms with E-state index >= 15 is 0 Å². The number of nitrogens with zero attached hydrogens (tertiary/aromatic N) is 3. The monoisotopic (exact) mass is 330 g/mol. The number of benzene rings is 1. The highest BCUT2D eigenvalue weighted by Gasteiger charge is 2.25. The van der Waals surface area contributed by atoms with Gasteiger partial charge in [0.05, 0.1) is 0 Å². The molecule has 0 unspecified atom stereocenters. The van der Waals surface area contributed by atoms with Crippen LogP contribution >= 0.6 is 0 Å². The maximum atomic E-state index is 12.9. The van der Waals surface area contributed by atoms with E-state index in [9.17, 15) is 9.18 Å². The Balaban J connectivity index is 1.61. The second kappa shape index (κ2) is 7.57. The molecule has 1 aromatic carbocycles. The number of rotatable bonds is 5. The molecule has 0 radical (unpaired) electrons. The van der Waals surface area contributed by atoms with Crippen LogP contribution in [-0.4, -0.2) is 39.3 Å². The molecule has 2 aromatic rings. The number of piperidine rings is 1. The topological polar surface area (TPSA) is 53.9 Å². The summed E-state index contributed by atoms with van der Waals surface area (Å²) in [7, 11) is 0. The minimum absolute atomic E-state index is 0.124. The van der Waals surface area contributed by atoms with Crippen molar-refractivity contribution in [2.75, 3.05) is 19.6 Å². The molecule has 1 fully saturated rings. The lowest BCUT2D eigenvalue weighted by Gasteiger charge is -2.31. The van der Waals surface area contributed by atoms with Crippen LogP contribution in [-0.2, 0) is 6.54 Å². The molecule has 2 heterocycles. The van der Waals surface area contributed by atoms with Gasteiger partial charge >= 0.3 is 5.69 Å². The van der Waals surface area contributed by atoms with Gasteiger partial charge in [-0.2, -0.15) is 5.10 Å². The highest BCUT2D eigenvalue weighted by atomic mass is 19.1. The first-order valence-corrected chi connectivity index (χ1v) is 8.47. The van der Waals surface area contributed by atoms with Gasteiger partial charge in [-0.15, -0.1) is 0 Å². The van der Waals surface area contributed by atoms with E-state index in [2.05, 4.69) is 21.2 Å². The molecule has 1 saturated heterocycles. The van der Waals surface area contributed by atoms with Crippen molar-refractivity contribution in [1.29, 1.82) is 0 Å². The summed E-state index contributed by atoms with van der Waals surface area (Å²) in [6, 6.07) is 6.49. The van der Waals surface area contributed by atoms with Crippen LogP contribution in [0.25, 0.3) is 6.08 Å². The van der Waals surface area contributed by atoms with E-state index in [1.165, 1.54) is 12.1 Å². The van der Waals surface area contributed by atoms with Gasteiger partial charge in [0, 0.05) is 25.6 Å². The molecule has 1 aromatic heterocycles. The lowest BCUT2D eigenvalue weighted by molar-refractivity contribution is 0.221.